The topological polar surface area (TPSA) is 93.1 Å². The molecule has 2 atom stereocenters. The molecule has 0 saturated heterocycles. The molecule has 6 nitrogen and oxygen atoms in total. The molecule has 0 aliphatic rings. The summed E-state index contributed by atoms with van der Waals surface area (Å²) in [7, 11) is -9.47. The summed E-state index contributed by atoms with van der Waals surface area (Å²) in [5.41, 5.74) is 0. The molecule has 2 N–H and O–H groups in total. The van der Waals surface area contributed by atoms with E-state index in [1.807, 2.05) is 0 Å². The summed E-state index contributed by atoms with van der Waals surface area (Å²) < 4.78 is 29.8. The van der Waals surface area contributed by atoms with Crippen molar-refractivity contribution in [2.24, 2.45) is 0 Å². The van der Waals surface area contributed by atoms with Gasteiger partial charge in [0.15, 0.2) is 0 Å². The summed E-state index contributed by atoms with van der Waals surface area (Å²) in [5, 5.41) is 0. The van der Waals surface area contributed by atoms with E-state index in [-0.39, 0.29) is 62.0 Å². The van der Waals surface area contributed by atoms with Crippen LogP contribution in [-0.4, -0.2) is 25.8 Å². The Labute approximate surface area is 170 Å². The Morgan fingerprint density at radius 1 is 0.947 bits per heavy atom. The zero-order chi connectivity index (χ0) is 14.1. The van der Waals surface area contributed by atoms with Crippen molar-refractivity contribution in [2.75, 3.05) is 0 Å². The van der Waals surface area contributed by atoms with E-state index in [4.69, 9.17) is 23.2 Å². The molecule has 0 aromatic heterocycles. The first-order valence-electron chi connectivity index (χ1n) is 4.74. The standard InChI is InChI=1S/C7H16Cl2O6P2.2Na.2H/c1-5(2)14-16(10,11)7(8,9)17(12,13)15-6(3)4;;;;/h5-6H,1-4H3,(H,10,11)(H,12,13);;;;/q;2*+1;2*-1. The number of hydrogen-bond donors (Lipinski definition) is 2. The Kier molecular flexibility index (Phi) is 13.9. The van der Waals surface area contributed by atoms with E-state index in [1.165, 1.54) is 27.7 Å². The fourth-order valence-electron chi connectivity index (χ4n) is 0.858. The number of halogens is 2. The van der Waals surface area contributed by atoms with Crippen LogP contribution in [-0.2, 0) is 18.2 Å². The Morgan fingerprint density at radius 3 is 1.32 bits per heavy atom. The fourth-order valence-corrected chi connectivity index (χ4v) is 4.29. The largest absolute Gasteiger partial charge is 1.00 e. The van der Waals surface area contributed by atoms with Crippen LogP contribution in [0.3, 0.4) is 0 Å². The molecule has 2 unspecified atom stereocenters. The van der Waals surface area contributed by atoms with Crippen LogP contribution in [0.15, 0.2) is 0 Å². The molecular formula is C7H18Cl2Na2O6P2. The van der Waals surface area contributed by atoms with Crippen LogP contribution < -0.4 is 59.1 Å². The Balaban J connectivity index is -0.000000213. The predicted octanol–water partition coefficient (Wildman–Crippen LogP) is -2.47. The second-order valence-corrected chi connectivity index (χ2v) is 10.4. The quantitative estimate of drug-likeness (QED) is 0.303. The summed E-state index contributed by atoms with van der Waals surface area (Å²) in [6, 6.07) is 0. The van der Waals surface area contributed by atoms with E-state index in [0.717, 1.165) is 0 Å². The maximum atomic E-state index is 11.7. The van der Waals surface area contributed by atoms with Crippen LogP contribution in [0.2, 0.25) is 0 Å². The number of rotatable bonds is 6. The van der Waals surface area contributed by atoms with Gasteiger partial charge in [0.1, 0.15) is 0 Å². The normalized spacial score (nSPS) is 18.2. The van der Waals surface area contributed by atoms with Gasteiger partial charge in [0.05, 0.1) is 12.2 Å². The molecule has 0 spiro atoms. The molecule has 0 aromatic rings. The number of alkyl halides is 2. The first kappa shape index (κ1) is 26.8. The first-order chi connectivity index (χ1) is 7.33. The summed E-state index contributed by atoms with van der Waals surface area (Å²) >= 11 is 11.0. The number of hydrogen-bond acceptors (Lipinski definition) is 4. The maximum Gasteiger partial charge on any atom is 1.00 e. The fraction of sp³-hybridized carbons (Fsp3) is 1.00. The van der Waals surface area contributed by atoms with Crippen LogP contribution in [0.25, 0.3) is 0 Å². The Morgan fingerprint density at radius 2 is 1.16 bits per heavy atom. The van der Waals surface area contributed by atoms with Crippen molar-refractivity contribution in [3.05, 3.63) is 0 Å². The predicted molar refractivity (Wildman–Crippen MR) is 68.8 cm³/mol. The van der Waals surface area contributed by atoms with Gasteiger partial charge in [-0.25, -0.2) is 0 Å². The molecule has 0 heterocycles. The van der Waals surface area contributed by atoms with Gasteiger partial charge in [0, 0.05) is 0 Å². The van der Waals surface area contributed by atoms with E-state index in [1.54, 1.807) is 0 Å². The molecule has 19 heavy (non-hydrogen) atoms. The van der Waals surface area contributed by atoms with Gasteiger partial charge in [0.2, 0.25) is 0 Å². The van der Waals surface area contributed by atoms with Crippen LogP contribution >= 0.6 is 38.4 Å². The molecule has 108 valence electrons. The smallest absolute Gasteiger partial charge is 1.00 e. The van der Waals surface area contributed by atoms with Crippen LogP contribution in [0.1, 0.15) is 30.5 Å². The molecule has 0 rings (SSSR count). The minimum atomic E-state index is -4.74. The molecule has 0 amide bonds. The van der Waals surface area contributed by atoms with E-state index in [0.29, 0.717) is 0 Å². The second-order valence-electron chi connectivity index (χ2n) is 3.86. The minimum Gasteiger partial charge on any atom is -1.00 e. The third kappa shape index (κ3) is 7.81. The average molecular weight is 377 g/mol. The second kappa shape index (κ2) is 9.89. The van der Waals surface area contributed by atoms with Gasteiger partial charge in [0.25, 0.3) is 0 Å². The van der Waals surface area contributed by atoms with Gasteiger partial charge in [-0.15, -0.1) is 0 Å². The molecule has 0 aliphatic heterocycles. The van der Waals surface area contributed by atoms with Crippen molar-refractivity contribution in [1.29, 1.82) is 0 Å². The van der Waals surface area contributed by atoms with Gasteiger partial charge in [-0.3, -0.25) is 9.13 Å². The van der Waals surface area contributed by atoms with Crippen molar-refractivity contribution in [1.82, 2.24) is 0 Å². The maximum absolute atomic E-state index is 11.7. The van der Waals surface area contributed by atoms with Gasteiger partial charge < -0.3 is 21.7 Å². The van der Waals surface area contributed by atoms with E-state index >= 15 is 0 Å². The minimum absolute atomic E-state index is 0. The molecule has 12 heteroatoms. The summed E-state index contributed by atoms with van der Waals surface area (Å²) in [6.07, 6.45) is -1.39. The summed E-state index contributed by atoms with van der Waals surface area (Å²) in [5.74, 6) is 0. The van der Waals surface area contributed by atoms with E-state index in [2.05, 4.69) is 9.05 Å². The molecule has 0 fully saturated rings. The molecule has 0 aliphatic carbocycles. The average Bonchev–Trinajstić information content (AvgIpc) is 1.97. The van der Waals surface area contributed by atoms with Crippen LogP contribution in [0.5, 0.6) is 0 Å². The van der Waals surface area contributed by atoms with Gasteiger partial charge in [-0.2, -0.15) is 0 Å². The van der Waals surface area contributed by atoms with Crippen molar-refractivity contribution in [2.45, 2.75) is 43.7 Å². The monoisotopic (exact) mass is 376 g/mol. The molecular weight excluding hydrogens is 359 g/mol. The zero-order valence-electron chi connectivity index (χ0n) is 13.8. The Bertz CT molecular complexity index is 343. The van der Waals surface area contributed by atoms with Crippen molar-refractivity contribution in [3.63, 3.8) is 0 Å². The van der Waals surface area contributed by atoms with E-state index in [9.17, 15) is 18.9 Å². The van der Waals surface area contributed by atoms with E-state index < -0.39 is 31.2 Å². The van der Waals surface area contributed by atoms with Crippen LogP contribution in [0, 0.1) is 0 Å². The molecule has 0 aromatic carbocycles. The first-order valence-corrected chi connectivity index (χ1v) is 8.65. The zero-order valence-corrected chi connectivity index (χ0v) is 19.1. The van der Waals surface area contributed by atoms with Gasteiger partial charge in [-0.05, 0) is 27.7 Å². The third-order valence-electron chi connectivity index (χ3n) is 1.39. The third-order valence-corrected chi connectivity index (χ3v) is 8.24. The summed E-state index contributed by atoms with van der Waals surface area (Å²) in [4.78, 5) is 19.0. The SMILES string of the molecule is CC(C)OP(=O)(O)C(Cl)(Cl)P(=O)(O)OC(C)C.[H-].[H-].[Na+].[Na+]. The van der Waals surface area contributed by atoms with Gasteiger partial charge >= 0.3 is 78.1 Å². The van der Waals surface area contributed by atoms with Gasteiger partial charge in [-0.1, -0.05) is 23.2 Å². The van der Waals surface area contributed by atoms with Crippen molar-refractivity contribution >= 4 is 38.4 Å². The molecule has 0 saturated carbocycles. The van der Waals surface area contributed by atoms with Crippen molar-refractivity contribution < 1.29 is 89.9 Å². The summed E-state index contributed by atoms with van der Waals surface area (Å²) in [6.45, 7) is 5.83. The Hall–Kier alpha value is 2.88. The van der Waals surface area contributed by atoms with Crippen LogP contribution in [0.4, 0.5) is 0 Å². The molecule has 0 bridgehead atoms. The molecule has 0 radical (unpaired) electrons. The van der Waals surface area contributed by atoms with Crippen molar-refractivity contribution in [3.8, 4) is 0 Å².